The van der Waals surface area contributed by atoms with E-state index in [0.29, 0.717) is 25.9 Å². The van der Waals surface area contributed by atoms with Crippen molar-refractivity contribution in [2.24, 2.45) is 0 Å². The van der Waals surface area contributed by atoms with E-state index in [0.717, 1.165) is 10.6 Å². The fourth-order valence-electron chi connectivity index (χ4n) is 3.59. The van der Waals surface area contributed by atoms with Crippen molar-refractivity contribution < 1.29 is 19.4 Å². The van der Waals surface area contributed by atoms with Crippen LogP contribution in [0.3, 0.4) is 0 Å². The number of rotatable bonds is 7. The quantitative estimate of drug-likeness (QED) is 0.668. The molecule has 2 heterocycles. The minimum atomic E-state index is -0.697. The molecule has 1 aromatic carbocycles. The van der Waals surface area contributed by atoms with Gasteiger partial charge in [-0.3, -0.25) is 4.79 Å². The Hall–Kier alpha value is -1.18. The highest BCUT2D eigenvalue weighted by Crippen LogP contribution is 2.35. The lowest BCUT2D eigenvalue weighted by Crippen LogP contribution is -2.39. The van der Waals surface area contributed by atoms with Gasteiger partial charge in [-0.1, -0.05) is 29.8 Å². The summed E-state index contributed by atoms with van der Waals surface area (Å²) in [6.45, 7) is 4.98. The molecule has 2 aliphatic rings. The number of ether oxygens (including phenoxy) is 2. The topological polar surface area (TPSA) is 79.8 Å². The molecule has 1 amide bonds. The second kappa shape index (κ2) is 8.67. The number of fused-ring (bicyclic) bond motifs is 1. The molecule has 2 aliphatic heterocycles. The minimum absolute atomic E-state index is 0.0302. The standard InChI is InChI=1S/C19H27ClN2O4/c1-11(2)22-17(23)8-13-7-15-19(25-13)18(24)16(26-15)10-21-9-12-5-3-4-6-14(12)20/h3-6,11,13,15-16,18-19,21,24H,7-10H2,1-2H3,(H,22,23). The lowest BCUT2D eigenvalue weighted by molar-refractivity contribution is -0.125. The van der Waals surface area contributed by atoms with Crippen molar-refractivity contribution in [2.75, 3.05) is 6.54 Å². The third-order valence-electron chi connectivity index (χ3n) is 4.76. The predicted molar refractivity (Wildman–Crippen MR) is 99.0 cm³/mol. The van der Waals surface area contributed by atoms with Crippen LogP contribution in [0.2, 0.25) is 5.02 Å². The fourth-order valence-corrected chi connectivity index (χ4v) is 3.79. The first-order valence-electron chi connectivity index (χ1n) is 9.16. The van der Waals surface area contributed by atoms with Gasteiger partial charge in [-0.15, -0.1) is 0 Å². The van der Waals surface area contributed by atoms with Crippen molar-refractivity contribution in [3.63, 3.8) is 0 Å². The van der Waals surface area contributed by atoms with Gasteiger partial charge in [0.25, 0.3) is 0 Å². The molecule has 0 radical (unpaired) electrons. The van der Waals surface area contributed by atoms with Crippen LogP contribution < -0.4 is 10.6 Å². The zero-order valence-electron chi connectivity index (χ0n) is 15.2. The van der Waals surface area contributed by atoms with E-state index in [1.807, 2.05) is 38.1 Å². The van der Waals surface area contributed by atoms with Gasteiger partial charge in [-0.05, 0) is 25.5 Å². The molecule has 26 heavy (non-hydrogen) atoms. The first kappa shape index (κ1) is 19.6. The van der Waals surface area contributed by atoms with Crippen molar-refractivity contribution in [1.29, 1.82) is 0 Å². The van der Waals surface area contributed by atoms with Crippen LogP contribution in [0.25, 0.3) is 0 Å². The Morgan fingerprint density at radius 2 is 2.12 bits per heavy atom. The molecule has 0 saturated carbocycles. The van der Waals surface area contributed by atoms with Gasteiger partial charge in [0.2, 0.25) is 5.91 Å². The molecule has 144 valence electrons. The fraction of sp³-hybridized carbons (Fsp3) is 0.632. The summed E-state index contributed by atoms with van der Waals surface area (Å²) in [6.07, 6.45) is -0.802. The number of aliphatic hydroxyl groups is 1. The highest BCUT2D eigenvalue weighted by molar-refractivity contribution is 6.31. The molecule has 3 rings (SSSR count). The molecule has 1 aromatic rings. The van der Waals surface area contributed by atoms with Gasteiger partial charge in [0.05, 0.1) is 24.7 Å². The van der Waals surface area contributed by atoms with Gasteiger partial charge in [-0.25, -0.2) is 0 Å². The molecule has 3 N–H and O–H groups in total. The van der Waals surface area contributed by atoms with Crippen LogP contribution in [0.15, 0.2) is 24.3 Å². The van der Waals surface area contributed by atoms with Crippen LogP contribution in [0.1, 0.15) is 32.3 Å². The second-order valence-corrected chi connectivity index (χ2v) is 7.72. The van der Waals surface area contributed by atoms with Crippen LogP contribution in [0.4, 0.5) is 0 Å². The SMILES string of the molecule is CC(C)NC(=O)CC1CC2OC(CNCc3ccccc3Cl)C(O)C2O1. The number of hydrogen-bond acceptors (Lipinski definition) is 5. The van der Waals surface area contributed by atoms with Crippen LogP contribution in [0, 0.1) is 0 Å². The van der Waals surface area contributed by atoms with E-state index in [9.17, 15) is 9.90 Å². The predicted octanol–water partition coefficient (Wildman–Crippen LogP) is 1.63. The number of halogens is 1. The monoisotopic (exact) mass is 382 g/mol. The Bertz CT molecular complexity index is 627. The summed E-state index contributed by atoms with van der Waals surface area (Å²) in [4.78, 5) is 11.9. The molecule has 6 nitrogen and oxygen atoms in total. The first-order chi connectivity index (χ1) is 12.4. The van der Waals surface area contributed by atoms with Gasteiger partial charge in [0, 0.05) is 30.6 Å². The van der Waals surface area contributed by atoms with Crippen LogP contribution in [-0.4, -0.2) is 54.1 Å². The van der Waals surface area contributed by atoms with Gasteiger partial charge in [0.1, 0.15) is 12.2 Å². The lowest BCUT2D eigenvalue weighted by atomic mass is 10.1. The zero-order valence-corrected chi connectivity index (χ0v) is 15.9. The van der Waals surface area contributed by atoms with Gasteiger partial charge in [0.15, 0.2) is 0 Å². The summed E-state index contributed by atoms with van der Waals surface area (Å²) in [5.41, 5.74) is 1.01. The number of hydrogen-bond donors (Lipinski definition) is 3. The van der Waals surface area contributed by atoms with Crippen molar-refractivity contribution in [3.8, 4) is 0 Å². The Labute approximate surface area is 159 Å². The second-order valence-electron chi connectivity index (χ2n) is 7.31. The molecule has 5 unspecified atom stereocenters. The van der Waals surface area contributed by atoms with Crippen LogP contribution in [0.5, 0.6) is 0 Å². The molecular formula is C19H27ClN2O4. The molecular weight excluding hydrogens is 356 g/mol. The average Bonchev–Trinajstić information content (AvgIpc) is 3.08. The normalized spacial score (nSPS) is 30.6. The van der Waals surface area contributed by atoms with Gasteiger partial charge in [-0.2, -0.15) is 0 Å². The molecule has 0 aromatic heterocycles. The number of carbonyl (C=O) groups is 1. The summed E-state index contributed by atoms with van der Waals surface area (Å²) in [5, 5.41) is 17.4. The third-order valence-corrected chi connectivity index (χ3v) is 5.13. The largest absolute Gasteiger partial charge is 0.388 e. The molecule has 7 heteroatoms. The highest BCUT2D eigenvalue weighted by atomic mass is 35.5. The van der Waals surface area contributed by atoms with Crippen molar-refractivity contribution in [3.05, 3.63) is 34.9 Å². The maximum Gasteiger partial charge on any atom is 0.222 e. The van der Waals surface area contributed by atoms with E-state index in [-0.39, 0.29) is 36.4 Å². The Balaban J connectivity index is 1.43. The lowest BCUT2D eigenvalue weighted by Gasteiger charge is -2.20. The molecule has 2 saturated heterocycles. The Kier molecular flexibility index (Phi) is 6.53. The van der Waals surface area contributed by atoms with Gasteiger partial charge >= 0.3 is 0 Å². The number of aliphatic hydroxyl groups excluding tert-OH is 1. The molecule has 0 spiro atoms. The summed E-state index contributed by atoms with van der Waals surface area (Å²) < 4.78 is 11.8. The maximum atomic E-state index is 11.9. The van der Waals surface area contributed by atoms with Crippen molar-refractivity contribution in [2.45, 2.75) is 69.8 Å². The van der Waals surface area contributed by atoms with Crippen molar-refractivity contribution in [1.82, 2.24) is 10.6 Å². The Morgan fingerprint density at radius 1 is 1.35 bits per heavy atom. The smallest absolute Gasteiger partial charge is 0.222 e. The van der Waals surface area contributed by atoms with E-state index in [4.69, 9.17) is 21.1 Å². The number of amides is 1. The van der Waals surface area contributed by atoms with E-state index in [1.165, 1.54) is 0 Å². The Morgan fingerprint density at radius 3 is 2.81 bits per heavy atom. The molecule has 0 aliphatic carbocycles. The molecule has 5 atom stereocenters. The highest BCUT2D eigenvalue weighted by Gasteiger charge is 2.50. The minimum Gasteiger partial charge on any atom is -0.388 e. The number of benzene rings is 1. The summed E-state index contributed by atoms with van der Waals surface area (Å²) in [5.74, 6) is -0.0302. The number of nitrogens with one attached hydrogen (secondary N) is 2. The van der Waals surface area contributed by atoms with E-state index in [2.05, 4.69) is 10.6 Å². The number of carbonyl (C=O) groups excluding carboxylic acids is 1. The van der Waals surface area contributed by atoms with E-state index >= 15 is 0 Å². The van der Waals surface area contributed by atoms with Crippen LogP contribution >= 0.6 is 11.6 Å². The average molecular weight is 383 g/mol. The first-order valence-corrected chi connectivity index (χ1v) is 9.54. The molecule has 2 fully saturated rings. The zero-order chi connectivity index (χ0) is 18.7. The van der Waals surface area contributed by atoms with E-state index in [1.54, 1.807) is 0 Å². The van der Waals surface area contributed by atoms with Crippen LogP contribution in [-0.2, 0) is 20.8 Å². The summed E-state index contributed by atoms with van der Waals surface area (Å²) in [7, 11) is 0. The van der Waals surface area contributed by atoms with Gasteiger partial charge < -0.3 is 25.2 Å². The maximum absolute atomic E-state index is 11.9. The summed E-state index contributed by atoms with van der Waals surface area (Å²) in [6, 6.07) is 7.77. The third kappa shape index (κ3) is 4.75. The molecule has 0 bridgehead atoms. The van der Waals surface area contributed by atoms with Crippen molar-refractivity contribution >= 4 is 17.5 Å². The van der Waals surface area contributed by atoms with E-state index < -0.39 is 6.10 Å². The summed E-state index contributed by atoms with van der Waals surface area (Å²) >= 11 is 6.14.